The van der Waals surface area contributed by atoms with Crippen molar-refractivity contribution in [2.24, 2.45) is 11.3 Å². The minimum Gasteiger partial charge on any atom is -0.0846 e. The van der Waals surface area contributed by atoms with Crippen LogP contribution in [0.2, 0.25) is 0 Å². The van der Waals surface area contributed by atoms with Gasteiger partial charge in [0.25, 0.3) is 0 Å². The van der Waals surface area contributed by atoms with Crippen molar-refractivity contribution in [1.82, 2.24) is 0 Å². The Hall–Kier alpha value is -3.03. The average Bonchev–Trinajstić information content (AvgIpc) is 3.05. The Morgan fingerprint density at radius 3 is 1.92 bits per heavy atom. The molecule has 0 saturated heterocycles. The molecule has 278 valence electrons. The van der Waals surface area contributed by atoms with Gasteiger partial charge in [-0.05, 0) is 108 Å². The van der Waals surface area contributed by atoms with Gasteiger partial charge in [0, 0.05) is 10.3 Å². The molecule has 3 aromatic carbocycles. The lowest BCUT2D eigenvalue weighted by Gasteiger charge is -2.37. The molecule has 0 amide bonds. The lowest BCUT2D eigenvalue weighted by molar-refractivity contribution is 0.299. The Morgan fingerprint density at radius 1 is 0.745 bits per heavy atom. The van der Waals surface area contributed by atoms with Crippen molar-refractivity contribution in [1.29, 1.82) is 0 Å². The summed E-state index contributed by atoms with van der Waals surface area (Å²) in [4.78, 5) is 0.964. The van der Waals surface area contributed by atoms with Crippen LogP contribution in [0.1, 0.15) is 155 Å². The third-order valence-corrected chi connectivity index (χ3v) is 10.9. The Balaban J connectivity index is 0.000000502. The molecular formula is C50H72S. The van der Waals surface area contributed by atoms with Gasteiger partial charge in [-0.3, -0.25) is 0 Å². The number of benzene rings is 3. The van der Waals surface area contributed by atoms with E-state index in [9.17, 15) is 0 Å². The second kappa shape index (κ2) is 18.6. The second-order valence-corrected chi connectivity index (χ2v) is 18.3. The molecule has 1 heteroatoms. The van der Waals surface area contributed by atoms with Gasteiger partial charge in [-0.15, -0.1) is 0 Å². The molecule has 4 rings (SSSR count). The highest BCUT2D eigenvalue weighted by atomic mass is 32.1. The first-order chi connectivity index (χ1) is 23.7. The van der Waals surface area contributed by atoms with Crippen molar-refractivity contribution in [3.8, 4) is 0 Å². The standard InChI is InChI=1S/C36H50.C12H16S.C2H6/c1-11-35(8,9)24-30-20-26(2)16-15-19-31(22-30)36(10,25-29-17-13-12-14-18-29)32-21-27(3)28(4)33(23-32)34(5,6)7;1-9(13)10-6-5-7-11(8-10)12(2,3)4;1-2/h12-18,20-23,30H,11,19,24-25H2,1-10H3;5-8H,1-4H3;1-2H3/b16-15-,26-20?,31-22+;;/t30?,36-;;/m0../s1. The molecule has 0 saturated carbocycles. The van der Waals surface area contributed by atoms with Gasteiger partial charge < -0.3 is 0 Å². The molecule has 1 aliphatic carbocycles. The maximum atomic E-state index is 5.14. The van der Waals surface area contributed by atoms with Gasteiger partial charge in [0.05, 0.1) is 0 Å². The Bertz CT molecular complexity index is 1660. The maximum Gasteiger partial charge on any atom is 0.0193 e. The predicted molar refractivity (Wildman–Crippen MR) is 234 cm³/mol. The molecule has 0 nitrogen and oxygen atoms in total. The Kier molecular flexibility index (Phi) is 16.1. The van der Waals surface area contributed by atoms with E-state index in [1.54, 1.807) is 5.57 Å². The molecule has 0 heterocycles. The fraction of sp³-hybridized carbons (Fsp3) is 0.500. The predicted octanol–water partition coefficient (Wildman–Crippen LogP) is 15.1. The van der Waals surface area contributed by atoms with Crippen molar-refractivity contribution < 1.29 is 0 Å². The van der Waals surface area contributed by atoms with Gasteiger partial charge in [0.2, 0.25) is 0 Å². The quantitative estimate of drug-likeness (QED) is 0.128. The molecule has 0 bridgehead atoms. The van der Waals surface area contributed by atoms with E-state index >= 15 is 0 Å². The van der Waals surface area contributed by atoms with Gasteiger partial charge in [0.1, 0.15) is 0 Å². The molecule has 1 aliphatic rings. The van der Waals surface area contributed by atoms with Crippen LogP contribution in [0.5, 0.6) is 0 Å². The van der Waals surface area contributed by atoms with Crippen molar-refractivity contribution in [3.63, 3.8) is 0 Å². The van der Waals surface area contributed by atoms with Crippen LogP contribution >= 0.6 is 12.2 Å². The summed E-state index contributed by atoms with van der Waals surface area (Å²) >= 11 is 5.14. The fourth-order valence-electron chi connectivity index (χ4n) is 7.02. The second-order valence-electron chi connectivity index (χ2n) is 17.7. The summed E-state index contributed by atoms with van der Waals surface area (Å²) in [5, 5.41) is 0. The molecule has 0 fully saturated rings. The third-order valence-electron chi connectivity index (χ3n) is 10.7. The van der Waals surface area contributed by atoms with Crippen LogP contribution in [0.3, 0.4) is 0 Å². The van der Waals surface area contributed by atoms with Crippen LogP contribution in [0.25, 0.3) is 0 Å². The minimum atomic E-state index is -0.0855. The van der Waals surface area contributed by atoms with Crippen LogP contribution in [0.15, 0.2) is 102 Å². The van der Waals surface area contributed by atoms with Crippen LogP contribution < -0.4 is 0 Å². The van der Waals surface area contributed by atoms with Crippen LogP contribution in [0, 0.1) is 25.2 Å². The van der Waals surface area contributed by atoms with Crippen molar-refractivity contribution in [2.75, 3.05) is 0 Å². The lowest BCUT2D eigenvalue weighted by Crippen LogP contribution is -2.30. The first-order valence-corrected chi connectivity index (χ1v) is 19.9. The molecule has 2 atom stereocenters. The summed E-state index contributed by atoms with van der Waals surface area (Å²) in [6.45, 7) is 36.2. The number of aryl methyl sites for hydroxylation is 1. The summed E-state index contributed by atoms with van der Waals surface area (Å²) in [7, 11) is 0. The molecule has 0 N–H and O–H groups in total. The zero-order valence-electron chi connectivity index (χ0n) is 35.5. The highest BCUT2D eigenvalue weighted by Crippen LogP contribution is 2.43. The van der Waals surface area contributed by atoms with E-state index in [-0.39, 0.29) is 16.2 Å². The van der Waals surface area contributed by atoms with E-state index in [0.717, 1.165) is 17.7 Å². The Labute approximate surface area is 321 Å². The van der Waals surface area contributed by atoms with E-state index in [1.165, 1.54) is 57.4 Å². The first kappa shape index (κ1) is 44.1. The summed E-state index contributed by atoms with van der Waals surface area (Å²) in [6, 6.07) is 24.6. The minimum absolute atomic E-state index is 0.0855. The molecule has 0 spiro atoms. The van der Waals surface area contributed by atoms with E-state index in [2.05, 4.69) is 181 Å². The summed E-state index contributed by atoms with van der Waals surface area (Å²) < 4.78 is 0. The van der Waals surface area contributed by atoms with E-state index in [0.29, 0.717) is 11.3 Å². The number of allylic oxidation sites excluding steroid dienone is 6. The smallest absolute Gasteiger partial charge is 0.0193 e. The number of rotatable bonds is 8. The van der Waals surface area contributed by atoms with Gasteiger partial charge in [-0.1, -0.05) is 204 Å². The molecule has 0 aromatic heterocycles. The van der Waals surface area contributed by atoms with Gasteiger partial charge >= 0.3 is 0 Å². The topological polar surface area (TPSA) is 0 Å². The zero-order valence-corrected chi connectivity index (χ0v) is 36.3. The molecule has 51 heavy (non-hydrogen) atoms. The van der Waals surface area contributed by atoms with E-state index in [1.807, 2.05) is 20.8 Å². The van der Waals surface area contributed by atoms with Gasteiger partial charge in [0.15, 0.2) is 0 Å². The fourth-order valence-corrected chi connectivity index (χ4v) is 7.14. The van der Waals surface area contributed by atoms with Crippen LogP contribution in [-0.2, 0) is 22.7 Å². The van der Waals surface area contributed by atoms with Gasteiger partial charge in [-0.25, -0.2) is 0 Å². The largest absolute Gasteiger partial charge is 0.0846 e. The van der Waals surface area contributed by atoms with Gasteiger partial charge in [-0.2, -0.15) is 0 Å². The molecule has 0 radical (unpaired) electrons. The van der Waals surface area contributed by atoms with E-state index in [4.69, 9.17) is 12.2 Å². The average molecular weight is 705 g/mol. The normalized spacial score (nSPS) is 17.8. The third kappa shape index (κ3) is 12.9. The SMILES string of the molecule is CC.CC(=S)c1cccc(C(C)(C)C)c1.CCC(C)(C)CC1C=C(C)/C=C\C/C([C@](C)(Cc2ccccc2)c2cc(C)c(C)c(C(C)(C)C)c2)=C\1. The molecule has 3 aromatic rings. The monoisotopic (exact) mass is 705 g/mol. The number of hydrogen-bond acceptors (Lipinski definition) is 1. The lowest BCUT2D eigenvalue weighted by atomic mass is 9.67. The first-order valence-electron chi connectivity index (χ1n) is 19.5. The number of hydrogen-bond donors (Lipinski definition) is 0. The number of thiocarbonyl (C=S) groups is 1. The van der Waals surface area contributed by atoms with Crippen molar-refractivity contribution >= 4 is 17.1 Å². The molecular weight excluding hydrogens is 633 g/mol. The highest BCUT2D eigenvalue weighted by Gasteiger charge is 2.34. The van der Waals surface area contributed by atoms with Crippen molar-refractivity contribution in [2.45, 2.75) is 153 Å². The maximum absolute atomic E-state index is 5.14. The summed E-state index contributed by atoms with van der Waals surface area (Å²) in [5.74, 6) is 0.448. The summed E-state index contributed by atoms with van der Waals surface area (Å²) in [6.07, 6.45) is 14.2. The van der Waals surface area contributed by atoms with Crippen molar-refractivity contribution in [3.05, 3.63) is 141 Å². The van der Waals surface area contributed by atoms with Crippen LogP contribution in [-0.4, -0.2) is 4.86 Å². The highest BCUT2D eigenvalue weighted by molar-refractivity contribution is 7.80. The zero-order chi connectivity index (χ0) is 38.8. The Morgan fingerprint density at radius 2 is 1.37 bits per heavy atom. The molecule has 0 aliphatic heterocycles. The van der Waals surface area contributed by atoms with E-state index < -0.39 is 0 Å². The van der Waals surface area contributed by atoms with Crippen LogP contribution in [0.4, 0.5) is 0 Å². The molecule has 1 unspecified atom stereocenters. The summed E-state index contributed by atoms with van der Waals surface area (Å²) in [5.41, 5.74) is 13.2.